The zero-order valence-corrected chi connectivity index (χ0v) is 24.8. The van der Waals surface area contributed by atoms with Crippen LogP contribution >= 0.6 is 0 Å². The molecule has 3 rings (SSSR count). The first-order valence-corrected chi connectivity index (χ1v) is 15.1. The van der Waals surface area contributed by atoms with Crippen LogP contribution in [-0.4, -0.2) is 85.1 Å². The minimum absolute atomic E-state index is 0.0383. The van der Waals surface area contributed by atoms with E-state index >= 15 is 0 Å². The number of benzene rings is 2. The molecule has 10 heteroatoms. The average molecular weight is 592 g/mol. The van der Waals surface area contributed by atoms with Gasteiger partial charge in [0.15, 0.2) is 5.78 Å². The summed E-state index contributed by atoms with van der Waals surface area (Å²) in [5, 5.41) is 28.8. The molecule has 0 spiro atoms. The van der Waals surface area contributed by atoms with E-state index in [1.807, 2.05) is 0 Å². The molecule has 0 atom stereocenters. The van der Waals surface area contributed by atoms with E-state index in [-0.39, 0.29) is 55.0 Å². The Balaban J connectivity index is 1.47. The highest BCUT2D eigenvalue weighted by Gasteiger charge is 2.29. The van der Waals surface area contributed by atoms with Crippen LogP contribution in [0.4, 0.5) is 0 Å². The number of carbonyl (C=O) groups is 3. The van der Waals surface area contributed by atoms with Gasteiger partial charge in [0.05, 0.1) is 0 Å². The quantitative estimate of drug-likeness (QED) is 0.121. The molecule has 1 aliphatic heterocycles. The maximum Gasteiger partial charge on any atom is 0.223 e. The van der Waals surface area contributed by atoms with E-state index < -0.39 is 0 Å². The molecule has 0 saturated carbocycles. The van der Waals surface area contributed by atoms with Gasteiger partial charge in [-0.15, -0.1) is 0 Å². The summed E-state index contributed by atoms with van der Waals surface area (Å²) in [5.41, 5.74) is 7.80. The number of Topliss-reactive ketones (excluding diaryl/α,β-unsaturated/α-hetero) is 1. The Bertz CT molecular complexity index is 1170. The minimum Gasteiger partial charge on any atom is -0.508 e. The molecule has 1 fully saturated rings. The van der Waals surface area contributed by atoms with Crippen molar-refractivity contribution in [2.24, 2.45) is 5.73 Å². The number of hydrogen-bond donors (Lipinski definition) is 6. The third-order valence-electron chi connectivity index (χ3n) is 7.06. The van der Waals surface area contributed by atoms with Crippen molar-refractivity contribution < 1.29 is 24.6 Å². The average Bonchev–Trinajstić information content (AvgIpc) is 3.00. The summed E-state index contributed by atoms with van der Waals surface area (Å²) in [6, 6.07) is 12.9. The lowest BCUT2D eigenvalue weighted by Crippen LogP contribution is -2.42. The number of nitrogens with one attached hydrogen (secondary N) is 3. The number of phenols is 2. The minimum atomic E-state index is -0.213. The van der Waals surface area contributed by atoms with Crippen LogP contribution in [0.3, 0.4) is 0 Å². The summed E-state index contributed by atoms with van der Waals surface area (Å²) in [6.45, 7) is 5.22. The van der Waals surface area contributed by atoms with E-state index in [1.54, 1.807) is 41.3 Å². The summed E-state index contributed by atoms with van der Waals surface area (Å²) in [5.74, 6) is -0.320. The molecule has 0 unspecified atom stereocenters. The maximum atomic E-state index is 13.3. The summed E-state index contributed by atoms with van der Waals surface area (Å²) in [4.78, 5) is 40.5. The summed E-state index contributed by atoms with van der Waals surface area (Å²) < 4.78 is 0. The molecule has 0 aromatic heterocycles. The van der Waals surface area contributed by atoms with E-state index in [2.05, 4.69) is 16.0 Å². The van der Waals surface area contributed by atoms with Gasteiger partial charge in [-0.05, 0) is 106 Å². The standard InChI is InChI=1S/C33H45N5O5/c34-15-3-18-35-16-1-2-17-36-19-4-20-37-31(41)13-14-32(42)38-23-27(21-25-5-9-29(39)10-6-25)33(43)28(24-38)22-26-7-11-30(40)12-8-26/h5-12,21-22,35-36,39-40H,1-4,13-20,23-24,34H2,(H,37,41)/b27-21+,28-22+. The van der Waals surface area contributed by atoms with E-state index in [1.165, 1.54) is 24.3 Å². The topological polar surface area (TPSA) is 157 Å². The van der Waals surface area contributed by atoms with Gasteiger partial charge in [-0.1, -0.05) is 24.3 Å². The van der Waals surface area contributed by atoms with Crippen molar-refractivity contribution in [1.82, 2.24) is 20.9 Å². The molecule has 1 aliphatic rings. The van der Waals surface area contributed by atoms with Crippen molar-refractivity contribution in [1.29, 1.82) is 0 Å². The number of ketones is 1. The molecule has 232 valence electrons. The second kappa shape index (κ2) is 18.5. The molecular weight excluding hydrogens is 546 g/mol. The van der Waals surface area contributed by atoms with Crippen LogP contribution in [0.5, 0.6) is 11.5 Å². The van der Waals surface area contributed by atoms with Crippen molar-refractivity contribution >= 4 is 29.7 Å². The molecule has 10 nitrogen and oxygen atoms in total. The third-order valence-corrected chi connectivity index (χ3v) is 7.06. The summed E-state index contributed by atoms with van der Waals surface area (Å²) >= 11 is 0. The van der Waals surface area contributed by atoms with Crippen molar-refractivity contribution in [3.63, 3.8) is 0 Å². The van der Waals surface area contributed by atoms with Gasteiger partial charge in [0.1, 0.15) is 11.5 Å². The van der Waals surface area contributed by atoms with Crippen LogP contribution in [0.1, 0.15) is 49.7 Å². The second-order valence-corrected chi connectivity index (χ2v) is 10.7. The monoisotopic (exact) mass is 591 g/mol. The Kier molecular flexibility index (Phi) is 14.4. The normalized spacial score (nSPS) is 15.3. The molecular formula is C33H45N5O5. The molecule has 0 aliphatic carbocycles. The van der Waals surface area contributed by atoms with Crippen molar-refractivity contribution in [2.45, 2.75) is 38.5 Å². The molecule has 1 saturated heterocycles. The number of hydrogen-bond acceptors (Lipinski definition) is 8. The number of amides is 2. The Morgan fingerprint density at radius 2 is 1.21 bits per heavy atom. The van der Waals surface area contributed by atoms with Gasteiger partial charge in [-0.2, -0.15) is 0 Å². The fourth-order valence-electron chi connectivity index (χ4n) is 4.64. The number of nitrogens with two attached hydrogens (primary N) is 1. The molecule has 43 heavy (non-hydrogen) atoms. The molecule has 0 radical (unpaired) electrons. The lowest BCUT2D eigenvalue weighted by atomic mass is 9.94. The third kappa shape index (κ3) is 12.4. The Hall–Kier alpha value is -3.99. The van der Waals surface area contributed by atoms with Gasteiger partial charge in [0.25, 0.3) is 0 Å². The summed E-state index contributed by atoms with van der Waals surface area (Å²) in [7, 11) is 0. The van der Waals surface area contributed by atoms with Crippen molar-refractivity contribution in [2.75, 3.05) is 52.4 Å². The largest absolute Gasteiger partial charge is 0.508 e. The smallest absolute Gasteiger partial charge is 0.223 e. The summed E-state index contributed by atoms with van der Waals surface area (Å²) in [6.07, 6.45) is 7.54. The zero-order valence-electron chi connectivity index (χ0n) is 24.8. The lowest BCUT2D eigenvalue weighted by Gasteiger charge is -2.30. The molecule has 2 amide bonds. The van der Waals surface area contributed by atoms with Gasteiger partial charge in [0.2, 0.25) is 11.8 Å². The van der Waals surface area contributed by atoms with E-state index in [4.69, 9.17) is 5.73 Å². The van der Waals surface area contributed by atoms with Crippen LogP contribution in [0.25, 0.3) is 12.2 Å². The van der Waals surface area contributed by atoms with Crippen LogP contribution in [0.2, 0.25) is 0 Å². The SMILES string of the molecule is NCCCNCCCCNCCCNC(=O)CCC(=O)N1C/C(=C\c2ccc(O)cc2)C(=O)/C(=C/c2ccc(O)cc2)C1. The van der Waals surface area contributed by atoms with Crippen LogP contribution in [0.15, 0.2) is 59.7 Å². The first kappa shape index (κ1) is 33.5. The highest BCUT2D eigenvalue weighted by molar-refractivity contribution is 6.15. The predicted octanol–water partition coefficient (Wildman–Crippen LogP) is 2.57. The molecule has 1 heterocycles. The Morgan fingerprint density at radius 1 is 0.721 bits per heavy atom. The number of phenolic OH excluding ortho intramolecular Hbond substituents is 2. The van der Waals surface area contributed by atoms with Crippen molar-refractivity contribution in [3.8, 4) is 11.5 Å². The fraction of sp³-hybridized carbons (Fsp3) is 0.424. The second-order valence-electron chi connectivity index (χ2n) is 10.7. The Morgan fingerprint density at radius 3 is 1.72 bits per heavy atom. The van der Waals surface area contributed by atoms with Gasteiger partial charge in [0, 0.05) is 43.6 Å². The van der Waals surface area contributed by atoms with E-state index in [0.717, 1.165) is 63.0 Å². The highest BCUT2D eigenvalue weighted by atomic mass is 16.3. The van der Waals surface area contributed by atoms with Gasteiger partial charge < -0.3 is 36.8 Å². The Labute approximate surface area is 254 Å². The molecule has 0 bridgehead atoms. The fourth-order valence-corrected chi connectivity index (χ4v) is 4.64. The van der Waals surface area contributed by atoms with Crippen LogP contribution in [0, 0.1) is 0 Å². The molecule has 2 aromatic rings. The molecule has 2 aromatic carbocycles. The first-order valence-electron chi connectivity index (χ1n) is 15.1. The number of rotatable bonds is 17. The number of likely N-dealkylation sites (tertiary alicyclic amines) is 1. The number of nitrogens with zero attached hydrogens (tertiary/aromatic N) is 1. The zero-order chi connectivity index (χ0) is 30.9. The highest BCUT2D eigenvalue weighted by Crippen LogP contribution is 2.24. The van der Waals surface area contributed by atoms with Crippen molar-refractivity contribution in [3.05, 3.63) is 70.8 Å². The molecule has 7 N–H and O–H groups in total. The lowest BCUT2D eigenvalue weighted by molar-refractivity contribution is -0.133. The van der Waals surface area contributed by atoms with Gasteiger partial charge >= 0.3 is 0 Å². The first-order chi connectivity index (χ1) is 20.9. The van der Waals surface area contributed by atoms with Crippen LogP contribution in [-0.2, 0) is 14.4 Å². The van der Waals surface area contributed by atoms with Gasteiger partial charge in [-0.3, -0.25) is 14.4 Å². The predicted molar refractivity (Wildman–Crippen MR) is 169 cm³/mol. The number of aromatic hydroxyl groups is 2. The number of unbranched alkanes of at least 4 members (excludes halogenated alkanes) is 1. The van der Waals surface area contributed by atoms with E-state index in [0.29, 0.717) is 24.2 Å². The van der Waals surface area contributed by atoms with Crippen LogP contribution < -0.4 is 21.7 Å². The number of carbonyl (C=O) groups excluding carboxylic acids is 3. The van der Waals surface area contributed by atoms with Gasteiger partial charge in [-0.25, -0.2) is 0 Å². The number of piperidine rings is 1. The van der Waals surface area contributed by atoms with E-state index in [9.17, 15) is 24.6 Å². The maximum absolute atomic E-state index is 13.3.